The number of carbonyl (C=O) groups is 3. The van der Waals surface area contributed by atoms with Crippen molar-refractivity contribution in [3.8, 4) is 0 Å². The monoisotopic (exact) mass is 345 g/mol. The highest BCUT2D eigenvalue weighted by Crippen LogP contribution is 2.24. The van der Waals surface area contributed by atoms with Gasteiger partial charge in [-0.3, -0.25) is 14.4 Å². The molecule has 2 heterocycles. The molecule has 3 amide bonds. The maximum Gasteiger partial charge on any atom is 0.251 e. The normalized spacial score (nSPS) is 20.0. The molecule has 2 aliphatic heterocycles. The number of rotatable bonds is 6. The number of hydrogen-bond donors (Lipinski definition) is 1. The van der Waals surface area contributed by atoms with E-state index < -0.39 is 0 Å². The highest BCUT2D eigenvalue weighted by atomic mass is 16.5. The average molecular weight is 345 g/mol. The Morgan fingerprint density at radius 1 is 1.28 bits per heavy atom. The lowest BCUT2D eigenvalue weighted by Gasteiger charge is -2.36. The van der Waals surface area contributed by atoms with Crippen molar-refractivity contribution in [3.05, 3.63) is 35.4 Å². The number of carbonyl (C=O) groups excluding carboxylic acids is 3. The van der Waals surface area contributed by atoms with E-state index in [2.05, 4.69) is 5.32 Å². The van der Waals surface area contributed by atoms with Gasteiger partial charge in [-0.1, -0.05) is 12.1 Å². The quantitative estimate of drug-likeness (QED) is 0.757. The van der Waals surface area contributed by atoms with E-state index in [1.54, 1.807) is 29.0 Å². The van der Waals surface area contributed by atoms with Crippen LogP contribution in [-0.2, 0) is 20.9 Å². The van der Waals surface area contributed by atoms with Gasteiger partial charge in [0.2, 0.25) is 11.8 Å². The molecular weight excluding hydrogens is 322 g/mol. The fraction of sp³-hybridized carbons (Fsp3) is 0.500. The highest BCUT2D eigenvalue weighted by molar-refractivity contribution is 5.95. The van der Waals surface area contributed by atoms with Gasteiger partial charge in [0.05, 0.1) is 6.61 Å². The summed E-state index contributed by atoms with van der Waals surface area (Å²) in [5, 5.41) is 2.76. The second-order valence-electron chi connectivity index (χ2n) is 6.39. The maximum atomic E-state index is 12.5. The zero-order valence-corrected chi connectivity index (χ0v) is 14.4. The number of amides is 3. The van der Waals surface area contributed by atoms with Gasteiger partial charge in [0.25, 0.3) is 5.91 Å². The van der Waals surface area contributed by atoms with E-state index >= 15 is 0 Å². The van der Waals surface area contributed by atoms with Crippen LogP contribution in [-0.4, -0.2) is 66.9 Å². The highest BCUT2D eigenvalue weighted by Gasteiger charge is 2.41. The van der Waals surface area contributed by atoms with Gasteiger partial charge in [0.1, 0.15) is 12.6 Å². The summed E-state index contributed by atoms with van der Waals surface area (Å²) >= 11 is 0. The van der Waals surface area contributed by atoms with Gasteiger partial charge >= 0.3 is 0 Å². The molecule has 25 heavy (non-hydrogen) atoms. The predicted molar refractivity (Wildman–Crippen MR) is 90.8 cm³/mol. The van der Waals surface area contributed by atoms with Crippen LogP contribution in [0, 0.1) is 0 Å². The Kier molecular flexibility index (Phi) is 5.33. The first-order valence-corrected chi connectivity index (χ1v) is 8.54. The van der Waals surface area contributed by atoms with E-state index in [4.69, 9.17) is 4.74 Å². The van der Waals surface area contributed by atoms with Gasteiger partial charge in [-0.2, -0.15) is 0 Å². The minimum atomic E-state index is -0.285. The molecule has 0 spiro atoms. The second-order valence-corrected chi connectivity index (χ2v) is 6.39. The number of nitrogens with one attached hydrogen (secondary N) is 1. The third-order valence-corrected chi connectivity index (χ3v) is 4.68. The predicted octanol–water partition coefficient (Wildman–Crippen LogP) is 0.396. The Bertz CT molecular complexity index is 659. The zero-order valence-electron chi connectivity index (χ0n) is 14.4. The van der Waals surface area contributed by atoms with Crippen LogP contribution < -0.4 is 5.32 Å². The number of benzene rings is 1. The molecule has 7 heteroatoms. The Balaban J connectivity index is 1.60. The van der Waals surface area contributed by atoms with Gasteiger partial charge in [-0.25, -0.2) is 0 Å². The third kappa shape index (κ3) is 3.82. The van der Waals surface area contributed by atoms with Gasteiger partial charge < -0.3 is 19.9 Å². The molecule has 0 bridgehead atoms. The number of hydrogen-bond acceptors (Lipinski definition) is 4. The zero-order chi connectivity index (χ0) is 17.8. The van der Waals surface area contributed by atoms with E-state index in [1.165, 1.54) is 0 Å². The largest absolute Gasteiger partial charge is 0.383 e. The smallest absolute Gasteiger partial charge is 0.251 e. The van der Waals surface area contributed by atoms with Gasteiger partial charge in [0, 0.05) is 32.3 Å². The molecule has 1 aromatic carbocycles. The van der Waals surface area contributed by atoms with Crippen molar-refractivity contribution in [2.75, 3.05) is 33.4 Å². The summed E-state index contributed by atoms with van der Waals surface area (Å²) in [5.41, 5.74) is 1.46. The van der Waals surface area contributed by atoms with Crippen LogP contribution >= 0.6 is 0 Å². The van der Waals surface area contributed by atoms with Crippen molar-refractivity contribution < 1.29 is 19.1 Å². The summed E-state index contributed by atoms with van der Waals surface area (Å²) in [6, 6.07) is 6.83. The average Bonchev–Trinajstić information content (AvgIpc) is 3.11. The van der Waals surface area contributed by atoms with Crippen molar-refractivity contribution in [1.82, 2.24) is 15.1 Å². The molecule has 1 N–H and O–H groups in total. The topological polar surface area (TPSA) is 79.0 Å². The molecule has 3 rings (SSSR count). The number of fused-ring (bicyclic) bond motifs is 1. The fourth-order valence-corrected chi connectivity index (χ4v) is 3.35. The number of nitrogens with zero attached hydrogens (tertiary/aromatic N) is 2. The molecule has 1 atom stereocenters. The van der Waals surface area contributed by atoms with Gasteiger partial charge in [0.15, 0.2) is 0 Å². The molecule has 2 aliphatic rings. The summed E-state index contributed by atoms with van der Waals surface area (Å²) < 4.78 is 4.90. The maximum absolute atomic E-state index is 12.5. The Labute approximate surface area is 146 Å². The standard InChI is InChI=1S/C18H23N3O4/c1-25-10-8-19-17(23)14-6-4-13(5-7-14)11-20-12-16(22)21-9-2-3-15(21)18(20)24/h4-7,15H,2-3,8-12H2,1H3,(H,19,23)/t15-/m0/s1. The molecule has 1 aromatic rings. The second kappa shape index (κ2) is 7.65. The molecule has 0 aromatic heterocycles. The van der Waals surface area contributed by atoms with E-state index in [-0.39, 0.29) is 30.3 Å². The fourth-order valence-electron chi connectivity index (χ4n) is 3.35. The third-order valence-electron chi connectivity index (χ3n) is 4.68. The Hall–Kier alpha value is -2.41. The lowest BCUT2D eigenvalue weighted by Crippen LogP contribution is -2.56. The van der Waals surface area contributed by atoms with Crippen LogP contribution in [0.25, 0.3) is 0 Å². The summed E-state index contributed by atoms with van der Waals surface area (Å²) in [7, 11) is 1.58. The van der Waals surface area contributed by atoms with Crippen molar-refractivity contribution in [2.24, 2.45) is 0 Å². The molecule has 134 valence electrons. The first-order valence-electron chi connectivity index (χ1n) is 8.54. The van der Waals surface area contributed by atoms with Crippen LogP contribution in [0.1, 0.15) is 28.8 Å². The Morgan fingerprint density at radius 2 is 2.04 bits per heavy atom. The molecule has 7 nitrogen and oxygen atoms in total. The van der Waals surface area contributed by atoms with Crippen molar-refractivity contribution in [3.63, 3.8) is 0 Å². The van der Waals surface area contributed by atoms with E-state index in [0.29, 0.717) is 31.8 Å². The van der Waals surface area contributed by atoms with E-state index in [0.717, 1.165) is 18.4 Å². The van der Waals surface area contributed by atoms with Crippen LogP contribution in [0.15, 0.2) is 24.3 Å². The number of piperazine rings is 1. The minimum absolute atomic E-state index is 0.0243. The summed E-state index contributed by atoms with van der Waals surface area (Å²) in [4.78, 5) is 40.0. The molecule has 0 saturated carbocycles. The molecule has 2 saturated heterocycles. The van der Waals surface area contributed by atoms with Gasteiger partial charge in [-0.05, 0) is 30.5 Å². The lowest BCUT2D eigenvalue weighted by atomic mass is 10.1. The molecule has 0 unspecified atom stereocenters. The number of methoxy groups -OCH3 is 1. The van der Waals surface area contributed by atoms with Crippen LogP contribution in [0.3, 0.4) is 0 Å². The molecule has 2 fully saturated rings. The van der Waals surface area contributed by atoms with Crippen molar-refractivity contribution in [1.29, 1.82) is 0 Å². The molecule has 0 radical (unpaired) electrons. The first-order chi connectivity index (χ1) is 12.1. The van der Waals surface area contributed by atoms with Crippen LogP contribution in [0.2, 0.25) is 0 Å². The Morgan fingerprint density at radius 3 is 2.76 bits per heavy atom. The SMILES string of the molecule is COCCNC(=O)c1ccc(CN2CC(=O)N3CCC[C@H]3C2=O)cc1. The van der Waals surface area contributed by atoms with Crippen LogP contribution in [0.4, 0.5) is 0 Å². The van der Waals surface area contributed by atoms with E-state index in [9.17, 15) is 14.4 Å². The van der Waals surface area contributed by atoms with Crippen molar-refractivity contribution >= 4 is 17.7 Å². The van der Waals surface area contributed by atoms with Gasteiger partial charge in [-0.15, -0.1) is 0 Å². The lowest BCUT2D eigenvalue weighted by molar-refractivity contribution is -0.154. The molecule has 0 aliphatic carbocycles. The minimum Gasteiger partial charge on any atom is -0.383 e. The van der Waals surface area contributed by atoms with Crippen LogP contribution in [0.5, 0.6) is 0 Å². The summed E-state index contributed by atoms with van der Waals surface area (Å²) in [6.07, 6.45) is 1.64. The van der Waals surface area contributed by atoms with Crippen molar-refractivity contribution in [2.45, 2.75) is 25.4 Å². The molecular formula is C18H23N3O4. The summed E-state index contributed by atoms with van der Waals surface area (Å²) in [6.45, 7) is 2.14. The first kappa shape index (κ1) is 17.4. The number of ether oxygens (including phenoxy) is 1. The van der Waals surface area contributed by atoms with E-state index in [1.807, 2.05) is 12.1 Å². The summed E-state index contributed by atoms with van der Waals surface area (Å²) in [5.74, 6) is -0.107.